The second kappa shape index (κ2) is 7.60. The minimum Gasteiger partial charge on any atom is -0.383 e. The molecule has 1 amide bonds. The van der Waals surface area contributed by atoms with Crippen LogP contribution in [0.1, 0.15) is 25.8 Å². The van der Waals surface area contributed by atoms with Crippen molar-refractivity contribution >= 4 is 28.1 Å². The number of ether oxygens (including phenoxy) is 1. The number of methoxy groups -OCH3 is 1. The molecule has 1 aromatic carbocycles. The Morgan fingerprint density at radius 1 is 1.27 bits per heavy atom. The Morgan fingerprint density at radius 3 is 2.69 bits per heavy atom. The van der Waals surface area contributed by atoms with E-state index < -0.39 is 0 Å². The number of rotatable bonds is 6. The molecule has 0 aliphatic rings. The normalized spacial score (nSPS) is 11.3. The largest absolute Gasteiger partial charge is 0.383 e. The van der Waals surface area contributed by atoms with Crippen molar-refractivity contribution in [3.63, 3.8) is 0 Å². The molecule has 2 heterocycles. The van der Waals surface area contributed by atoms with Gasteiger partial charge >= 0.3 is 0 Å². The van der Waals surface area contributed by atoms with Gasteiger partial charge in [0, 0.05) is 41.4 Å². The standard InChI is InChI=1S/C20H23FN2O2S/c1-13-5-7-16(26-13)12-23(9-10-25-4)20(24)19-14(2)17-11-15(21)6-8-18(17)22(19)3/h5-8,11H,9-10,12H2,1-4H3. The Balaban J connectivity index is 1.99. The zero-order chi connectivity index (χ0) is 18.8. The lowest BCUT2D eigenvalue weighted by atomic mass is 10.1. The number of benzene rings is 1. The van der Waals surface area contributed by atoms with E-state index in [0.717, 1.165) is 21.3 Å². The number of nitrogens with zero attached hydrogens (tertiary/aromatic N) is 2. The summed E-state index contributed by atoms with van der Waals surface area (Å²) in [5.74, 6) is -0.361. The van der Waals surface area contributed by atoms with Crippen LogP contribution in [0.15, 0.2) is 30.3 Å². The first-order valence-electron chi connectivity index (χ1n) is 8.50. The van der Waals surface area contributed by atoms with Crippen LogP contribution in [0.3, 0.4) is 0 Å². The van der Waals surface area contributed by atoms with Crippen LogP contribution < -0.4 is 0 Å². The molecule has 0 radical (unpaired) electrons. The average molecular weight is 374 g/mol. The highest BCUT2D eigenvalue weighted by molar-refractivity contribution is 7.11. The van der Waals surface area contributed by atoms with Gasteiger partial charge in [-0.25, -0.2) is 4.39 Å². The van der Waals surface area contributed by atoms with Gasteiger partial charge in [0.25, 0.3) is 5.91 Å². The first-order chi connectivity index (χ1) is 12.4. The monoisotopic (exact) mass is 374 g/mol. The second-order valence-corrected chi connectivity index (χ2v) is 7.80. The number of hydrogen-bond acceptors (Lipinski definition) is 3. The summed E-state index contributed by atoms with van der Waals surface area (Å²) in [5, 5.41) is 0.773. The predicted octanol–water partition coefficient (Wildman–Crippen LogP) is 4.28. The van der Waals surface area contributed by atoms with Crippen molar-refractivity contribution in [2.24, 2.45) is 7.05 Å². The van der Waals surface area contributed by atoms with Crippen LogP contribution in [0.25, 0.3) is 10.9 Å². The molecule has 3 rings (SSSR count). The molecule has 138 valence electrons. The fourth-order valence-electron chi connectivity index (χ4n) is 3.27. The highest BCUT2D eigenvalue weighted by Crippen LogP contribution is 2.27. The van der Waals surface area contributed by atoms with Gasteiger partial charge in [0.1, 0.15) is 11.5 Å². The lowest BCUT2D eigenvalue weighted by Gasteiger charge is -2.22. The van der Waals surface area contributed by atoms with Crippen LogP contribution in [-0.4, -0.2) is 35.6 Å². The maximum Gasteiger partial charge on any atom is 0.271 e. The number of carbonyl (C=O) groups excluding carboxylic acids is 1. The Bertz CT molecular complexity index is 945. The van der Waals surface area contributed by atoms with Crippen molar-refractivity contribution in [3.05, 3.63) is 57.2 Å². The zero-order valence-electron chi connectivity index (χ0n) is 15.5. The number of fused-ring (bicyclic) bond motifs is 1. The van der Waals surface area contributed by atoms with Crippen LogP contribution in [-0.2, 0) is 18.3 Å². The smallest absolute Gasteiger partial charge is 0.271 e. The maximum absolute atomic E-state index is 13.7. The molecule has 0 atom stereocenters. The molecule has 0 saturated heterocycles. The highest BCUT2D eigenvalue weighted by Gasteiger charge is 2.24. The molecule has 4 nitrogen and oxygen atoms in total. The second-order valence-electron chi connectivity index (χ2n) is 6.43. The molecule has 2 aromatic heterocycles. The van der Waals surface area contributed by atoms with Crippen LogP contribution in [0.2, 0.25) is 0 Å². The van der Waals surface area contributed by atoms with Crippen molar-refractivity contribution in [1.82, 2.24) is 9.47 Å². The molecule has 26 heavy (non-hydrogen) atoms. The van der Waals surface area contributed by atoms with Gasteiger partial charge in [-0.2, -0.15) is 0 Å². The average Bonchev–Trinajstić information content (AvgIpc) is 3.12. The van der Waals surface area contributed by atoms with E-state index in [-0.39, 0.29) is 11.7 Å². The Labute approximate surface area is 156 Å². The van der Waals surface area contributed by atoms with E-state index in [1.165, 1.54) is 17.0 Å². The molecule has 0 saturated carbocycles. The van der Waals surface area contributed by atoms with E-state index in [9.17, 15) is 9.18 Å². The summed E-state index contributed by atoms with van der Waals surface area (Å²) in [6, 6.07) is 8.74. The quantitative estimate of drug-likeness (QED) is 0.645. The van der Waals surface area contributed by atoms with E-state index in [1.807, 2.05) is 18.5 Å². The number of aromatic nitrogens is 1. The number of thiophene rings is 1. The third-order valence-electron chi connectivity index (χ3n) is 4.61. The van der Waals surface area contributed by atoms with Crippen molar-refractivity contribution in [2.45, 2.75) is 20.4 Å². The third kappa shape index (κ3) is 3.52. The van der Waals surface area contributed by atoms with Gasteiger partial charge in [-0.3, -0.25) is 4.79 Å². The lowest BCUT2D eigenvalue weighted by Crippen LogP contribution is -2.34. The molecule has 3 aromatic rings. The predicted molar refractivity (Wildman–Crippen MR) is 103 cm³/mol. The number of amides is 1. The van der Waals surface area contributed by atoms with Crippen LogP contribution in [0.4, 0.5) is 4.39 Å². The number of halogens is 1. The molecule has 0 spiro atoms. The van der Waals surface area contributed by atoms with Crippen LogP contribution in [0, 0.1) is 19.7 Å². The van der Waals surface area contributed by atoms with Gasteiger partial charge in [0.15, 0.2) is 0 Å². The fraction of sp³-hybridized carbons (Fsp3) is 0.350. The number of hydrogen-bond donors (Lipinski definition) is 0. The molecule has 0 N–H and O–H groups in total. The Kier molecular flexibility index (Phi) is 5.44. The zero-order valence-corrected chi connectivity index (χ0v) is 16.3. The molecule has 0 aliphatic carbocycles. The highest BCUT2D eigenvalue weighted by atomic mass is 32.1. The summed E-state index contributed by atoms with van der Waals surface area (Å²) < 4.78 is 20.7. The van der Waals surface area contributed by atoms with E-state index in [1.54, 1.807) is 29.4 Å². The number of aryl methyl sites for hydroxylation is 3. The first-order valence-corrected chi connectivity index (χ1v) is 9.32. The van der Waals surface area contributed by atoms with Gasteiger partial charge in [-0.05, 0) is 49.7 Å². The fourth-order valence-corrected chi connectivity index (χ4v) is 4.17. The van der Waals surface area contributed by atoms with Gasteiger partial charge < -0.3 is 14.2 Å². The summed E-state index contributed by atoms with van der Waals surface area (Å²) in [7, 11) is 3.48. The van der Waals surface area contributed by atoms with Crippen LogP contribution >= 0.6 is 11.3 Å². The Morgan fingerprint density at radius 2 is 2.04 bits per heavy atom. The summed E-state index contributed by atoms with van der Waals surface area (Å²) in [5.41, 5.74) is 2.25. The van der Waals surface area contributed by atoms with Crippen molar-refractivity contribution in [2.75, 3.05) is 20.3 Å². The first kappa shape index (κ1) is 18.6. The van der Waals surface area contributed by atoms with Crippen molar-refractivity contribution in [1.29, 1.82) is 0 Å². The molecule has 6 heteroatoms. The molecule has 0 bridgehead atoms. The van der Waals surface area contributed by atoms with Crippen LogP contribution in [0.5, 0.6) is 0 Å². The van der Waals surface area contributed by atoms with E-state index >= 15 is 0 Å². The van der Waals surface area contributed by atoms with Crippen molar-refractivity contribution < 1.29 is 13.9 Å². The minimum atomic E-state index is -0.296. The summed E-state index contributed by atoms with van der Waals surface area (Å²) in [6.45, 7) is 5.43. The van der Waals surface area contributed by atoms with Gasteiger partial charge in [0.05, 0.1) is 13.2 Å². The summed E-state index contributed by atoms with van der Waals surface area (Å²) in [6.07, 6.45) is 0. The third-order valence-corrected chi connectivity index (χ3v) is 5.60. The summed E-state index contributed by atoms with van der Waals surface area (Å²) in [4.78, 5) is 17.5. The minimum absolute atomic E-state index is 0.0651. The van der Waals surface area contributed by atoms with Gasteiger partial charge in [0.2, 0.25) is 0 Å². The molecule has 0 aliphatic heterocycles. The maximum atomic E-state index is 13.7. The van der Waals surface area contributed by atoms with Gasteiger partial charge in [-0.1, -0.05) is 0 Å². The lowest BCUT2D eigenvalue weighted by molar-refractivity contribution is 0.0672. The molecular formula is C20H23FN2O2S. The van der Waals surface area contributed by atoms with E-state index in [4.69, 9.17) is 4.74 Å². The number of carbonyl (C=O) groups is 1. The van der Waals surface area contributed by atoms with E-state index in [2.05, 4.69) is 19.1 Å². The molecule has 0 fully saturated rings. The molecular weight excluding hydrogens is 351 g/mol. The Hall–Kier alpha value is -2.18. The SMILES string of the molecule is COCCN(Cc1ccc(C)s1)C(=O)c1c(C)c2cc(F)ccc2n1C. The topological polar surface area (TPSA) is 34.5 Å². The van der Waals surface area contributed by atoms with Crippen molar-refractivity contribution in [3.8, 4) is 0 Å². The summed E-state index contributed by atoms with van der Waals surface area (Å²) >= 11 is 1.69. The van der Waals surface area contributed by atoms with Gasteiger partial charge in [-0.15, -0.1) is 11.3 Å². The van der Waals surface area contributed by atoms with E-state index in [0.29, 0.717) is 25.4 Å². The molecule has 0 unspecified atom stereocenters.